The molecule has 0 aliphatic heterocycles. The quantitative estimate of drug-likeness (QED) is 0.825. The Labute approximate surface area is 116 Å². The van der Waals surface area contributed by atoms with Gasteiger partial charge in [0.15, 0.2) is 0 Å². The van der Waals surface area contributed by atoms with E-state index in [1.807, 2.05) is 44.7 Å². The van der Waals surface area contributed by atoms with E-state index in [-0.39, 0.29) is 18.0 Å². The molecule has 1 unspecified atom stereocenters. The number of carbonyl (C=O) groups is 1. The maximum atomic E-state index is 12.2. The van der Waals surface area contributed by atoms with E-state index in [0.717, 1.165) is 24.4 Å². The number of hydrogen-bond donors (Lipinski definition) is 1. The Morgan fingerprint density at radius 2 is 2.05 bits per heavy atom. The molecule has 1 aromatic rings. The van der Waals surface area contributed by atoms with Crippen LogP contribution in [0, 0.1) is 6.92 Å². The lowest BCUT2D eigenvalue weighted by atomic mass is 10.1. The summed E-state index contributed by atoms with van der Waals surface area (Å²) in [6.07, 6.45) is 2.29. The van der Waals surface area contributed by atoms with Crippen molar-refractivity contribution in [1.82, 2.24) is 4.90 Å². The molecule has 0 saturated heterocycles. The fourth-order valence-corrected chi connectivity index (χ4v) is 2.02. The Morgan fingerprint density at radius 1 is 1.37 bits per heavy atom. The Kier molecular flexibility index (Phi) is 6.09. The first kappa shape index (κ1) is 15.8. The highest BCUT2D eigenvalue weighted by molar-refractivity contribution is 5.76. The molecule has 1 atom stereocenters. The molecule has 1 heterocycles. The second-order valence-corrected chi connectivity index (χ2v) is 5.50. The maximum absolute atomic E-state index is 12.2. The maximum Gasteiger partial charge on any atom is 0.223 e. The summed E-state index contributed by atoms with van der Waals surface area (Å²) < 4.78 is 5.54. The molecule has 1 aromatic heterocycles. The van der Waals surface area contributed by atoms with E-state index in [9.17, 15) is 4.79 Å². The second kappa shape index (κ2) is 7.34. The van der Waals surface area contributed by atoms with Crippen molar-refractivity contribution in [2.75, 3.05) is 0 Å². The summed E-state index contributed by atoms with van der Waals surface area (Å²) in [7, 11) is 0. The van der Waals surface area contributed by atoms with Gasteiger partial charge in [-0.05, 0) is 52.7 Å². The molecule has 0 aromatic carbocycles. The van der Waals surface area contributed by atoms with Crippen molar-refractivity contribution in [1.29, 1.82) is 0 Å². The van der Waals surface area contributed by atoms with Crippen molar-refractivity contribution >= 4 is 5.91 Å². The first-order valence-electron chi connectivity index (χ1n) is 7.00. The van der Waals surface area contributed by atoms with Gasteiger partial charge >= 0.3 is 0 Å². The number of aryl methyl sites for hydroxylation is 1. The van der Waals surface area contributed by atoms with Crippen molar-refractivity contribution < 1.29 is 9.21 Å². The summed E-state index contributed by atoms with van der Waals surface area (Å²) in [4.78, 5) is 14.1. The third-order valence-electron chi connectivity index (χ3n) is 3.12. The molecule has 0 saturated carbocycles. The molecule has 1 amide bonds. The molecule has 0 aliphatic carbocycles. The van der Waals surface area contributed by atoms with E-state index in [2.05, 4.69) is 0 Å². The highest BCUT2D eigenvalue weighted by atomic mass is 16.3. The molecular formula is C15H26N2O2. The summed E-state index contributed by atoms with van der Waals surface area (Å²) in [6, 6.07) is 4.19. The van der Waals surface area contributed by atoms with E-state index < -0.39 is 0 Å². The van der Waals surface area contributed by atoms with Gasteiger partial charge in [0.2, 0.25) is 5.91 Å². The Hall–Kier alpha value is -1.29. The van der Waals surface area contributed by atoms with Gasteiger partial charge in [-0.2, -0.15) is 0 Å². The summed E-state index contributed by atoms with van der Waals surface area (Å²) in [5.41, 5.74) is 5.70. The van der Waals surface area contributed by atoms with Crippen LogP contribution in [0.2, 0.25) is 0 Å². The first-order valence-corrected chi connectivity index (χ1v) is 7.00. The fraction of sp³-hybridized carbons (Fsp3) is 0.667. The zero-order valence-electron chi connectivity index (χ0n) is 12.5. The van der Waals surface area contributed by atoms with Crippen LogP contribution in [0.25, 0.3) is 0 Å². The fourth-order valence-electron chi connectivity index (χ4n) is 2.02. The molecule has 19 heavy (non-hydrogen) atoms. The van der Waals surface area contributed by atoms with Gasteiger partial charge in [-0.25, -0.2) is 0 Å². The lowest BCUT2D eigenvalue weighted by molar-refractivity contribution is -0.134. The third-order valence-corrected chi connectivity index (χ3v) is 3.12. The average Bonchev–Trinajstić information content (AvgIpc) is 2.70. The van der Waals surface area contributed by atoms with Gasteiger partial charge in [0.25, 0.3) is 0 Å². The van der Waals surface area contributed by atoms with Crippen LogP contribution >= 0.6 is 0 Å². The number of amides is 1. The van der Waals surface area contributed by atoms with Gasteiger partial charge in [-0.3, -0.25) is 4.79 Å². The van der Waals surface area contributed by atoms with Crippen LogP contribution in [-0.2, 0) is 11.3 Å². The van der Waals surface area contributed by atoms with Crippen molar-refractivity contribution in [3.8, 4) is 0 Å². The second-order valence-electron chi connectivity index (χ2n) is 5.50. The van der Waals surface area contributed by atoms with Crippen molar-refractivity contribution in [2.45, 2.75) is 65.6 Å². The van der Waals surface area contributed by atoms with Crippen molar-refractivity contribution in [2.24, 2.45) is 5.73 Å². The van der Waals surface area contributed by atoms with Crippen LogP contribution in [0.4, 0.5) is 0 Å². The van der Waals surface area contributed by atoms with E-state index >= 15 is 0 Å². The Bertz CT molecular complexity index is 397. The Balaban J connectivity index is 2.54. The zero-order valence-corrected chi connectivity index (χ0v) is 12.5. The van der Waals surface area contributed by atoms with Crippen LogP contribution in [0.1, 0.15) is 51.6 Å². The van der Waals surface area contributed by atoms with Gasteiger partial charge in [0.1, 0.15) is 11.5 Å². The number of furan rings is 1. The number of nitrogens with two attached hydrogens (primary N) is 1. The van der Waals surface area contributed by atoms with Gasteiger partial charge in [-0.1, -0.05) is 0 Å². The van der Waals surface area contributed by atoms with Crippen LogP contribution in [0.3, 0.4) is 0 Å². The third kappa shape index (κ3) is 5.47. The number of rotatable bonds is 7. The number of carbonyl (C=O) groups excluding carboxylic acids is 1. The summed E-state index contributed by atoms with van der Waals surface area (Å²) >= 11 is 0. The van der Waals surface area contributed by atoms with Crippen LogP contribution < -0.4 is 5.73 Å². The SMILES string of the molecule is Cc1ccc(CN(C(=O)CCCC(C)N)C(C)C)o1. The molecule has 4 heteroatoms. The highest BCUT2D eigenvalue weighted by Crippen LogP contribution is 2.14. The normalized spacial score (nSPS) is 12.7. The number of nitrogens with zero attached hydrogens (tertiary/aromatic N) is 1. The number of hydrogen-bond acceptors (Lipinski definition) is 3. The zero-order chi connectivity index (χ0) is 14.4. The largest absolute Gasteiger partial charge is 0.464 e. The molecule has 0 aliphatic rings. The van der Waals surface area contributed by atoms with Crippen LogP contribution in [0.15, 0.2) is 16.5 Å². The first-order chi connectivity index (χ1) is 8.90. The van der Waals surface area contributed by atoms with Gasteiger partial charge in [0.05, 0.1) is 6.54 Å². The minimum Gasteiger partial charge on any atom is -0.464 e. The van der Waals surface area contributed by atoms with Gasteiger partial charge in [0, 0.05) is 18.5 Å². The minimum absolute atomic E-state index is 0.160. The smallest absolute Gasteiger partial charge is 0.223 e. The molecule has 1 rings (SSSR count). The summed E-state index contributed by atoms with van der Waals surface area (Å²) in [5.74, 6) is 1.89. The van der Waals surface area contributed by atoms with E-state index in [1.165, 1.54) is 0 Å². The van der Waals surface area contributed by atoms with Crippen molar-refractivity contribution in [3.63, 3.8) is 0 Å². The lowest BCUT2D eigenvalue weighted by Gasteiger charge is -2.26. The molecule has 108 valence electrons. The molecular weight excluding hydrogens is 240 g/mol. The molecule has 2 N–H and O–H groups in total. The van der Waals surface area contributed by atoms with Crippen LogP contribution in [-0.4, -0.2) is 22.9 Å². The highest BCUT2D eigenvalue weighted by Gasteiger charge is 2.18. The van der Waals surface area contributed by atoms with E-state index in [1.54, 1.807) is 0 Å². The monoisotopic (exact) mass is 266 g/mol. The van der Waals surface area contributed by atoms with E-state index in [0.29, 0.717) is 13.0 Å². The van der Waals surface area contributed by atoms with Crippen molar-refractivity contribution in [3.05, 3.63) is 23.7 Å². The average molecular weight is 266 g/mol. The Morgan fingerprint density at radius 3 is 2.53 bits per heavy atom. The van der Waals surface area contributed by atoms with Gasteiger partial charge in [-0.15, -0.1) is 0 Å². The predicted octanol–water partition coefficient (Wildman–Crippen LogP) is 2.84. The summed E-state index contributed by atoms with van der Waals surface area (Å²) in [5, 5.41) is 0. The van der Waals surface area contributed by atoms with Crippen LogP contribution in [0.5, 0.6) is 0 Å². The topological polar surface area (TPSA) is 59.5 Å². The molecule has 0 radical (unpaired) electrons. The molecule has 4 nitrogen and oxygen atoms in total. The van der Waals surface area contributed by atoms with E-state index in [4.69, 9.17) is 10.2 Å². The molecule has 0 fully saturated rings. The molecule has 0 spiro atoms. The molecule has 0 bridgehead atoms. The predicted molar refractivity (Wildman–Crippen MR) is 76.6 cm³/mol. The minimum atomic E-state index is 0.160. The van der Waals surface area contributed by atoms with Gasteiger partial charge < -0.3 is 15.1 Å². The summed E-state index contributed by atoms with van der Waals surface area (Å²) in [6.45, 7) is 8.48. The lowest BCUT2D eigenvalue weighted by Crippen LogP contribution is -2.36. The standard InChI is InChI=1S/C15H26N2O2/c1-11(2)17(10-14-9-8-13(4)19-14)15(18)7-5-6-12(3)16/h8-9,11-12H,5-7,10,16H2,1-4H3.